The molecular weight excluding hydrogens is 259 g/mol. The van der Waals surface area contributed by atoms with Crippen LogP contribution in [0, 0.1) is 0 Å². The quantitative estimate of drug-likeness (QED) is 0.744. The lowest BCUT2D eigenvalue weighted by Gasteiger charge is -2.30. The molecular formula is C13H24F3NS. The van der Waals surface area contributed by atoms with Crippen molar-refractivity contribution in [3.63, 3.8) is 0 Å². The lowest BCUT2D eigenvalue weighted by molar-refractivity contribution is -0.135. The zero-order chi connectivity index (χ0) is 13.4. The molecule has 1 rings (SSSR count). The van der Waals surface area contributed by atoms with Gasteiger partial charge >= 0.3 is 6.18 Å². The Hall–Kier alpha value is 0.100. The maximum Gasteiger partial charge on any atom is 0.389 e. The third-order valence-electron chi connectivity index (χ3n) is 3.30. The van der Waals surface area contributed by atoms with Crippen LogP contribution in [0.4, 0.5) is 13.2 Å². The molecule has 1 nitrogen and oxygen atoms in total. The predicted octanol–water partition coefficient (Wildman–Crippen LogP) is 4.37. The molecule has 0 bridgehead atoms. The Morgan fingerprint density at radius 2 is 2.11 bits per heavy atom. The van der Waals surface area contributed by atoms with Gasteiger partial charge in [0.25, 0.3) is 0 Å². The van der Waals surface area contributed by atoms with E-state index in [4.69, 9.17) is 0 Å². The molecule has 0 aromatic rings. The number of alkyl halides is 3. The molecule has 2 unspecified atom stereocenters. The Morgan fingerprint density at radius 1 is 1.33 bits per heavy atom. The first-order valence-electron chi connectivity index (χ1n) is 6.94. The summed E-state index contributed by atoms with van der Waals surface area (Å²) < 4.78 is 36.5. The van der Waals surface area contributed by atoms with Crippen LogP contribution >= 0.6 is 11.8 Å². The molecule has 1 heterocycles. The van der Waals surface area contributed by atoms with Gasteiger partial charge in [-0.1, -0.05) is 13.3 Å². The molecule has 0 saturated carbocycles. The summed E-state index contributed by atoms with van der Waals surface area (Å²) in [6.07, 6.45) is 0.916. The van der Waals surface area contributed by atoms with E-state index in [9.17, 15) is 13.2 Å². The molecule has 2 atom stereocenters. The Labute approximate surface area is 112 Å². The van der Waals surface area contributed by atoms with Crippen molar-refractivity contribution in [2.24, 2.45) is 0 Å². The van der Waals surface area contributed by atoms with Crippen molar-refractivity contribution in [1.29, 1.82) is 0 Å². The largest absolute Gasteiger partial charge is 0.389 e. The highest BCUT2D eigenvalue weighted by molar-refractivity contribution is 8.00. The first-order chi connectivity index (χ1) is 8.53. The standard InChI is InChI=1S/C13H24F3NS/c1-2-9-17-11(6-5-8-13(14,15)16)12-7-3-4-10-18-12/h11-12,17H,2-10H2,1H3. The molecule has 1 N–H and O–H groups in total. The van der Waals surface area contributed by atoms with Crippen molar-refractivity contribution in [3.05, 3.63) is 0 Å². The molecule has 1 fully saturated rings. The van der Waals surface area contributed by atoms with Crippen molar-refractivity contribution in [2.75, 3.05) is 12.3 Å². The van der Waals surface area contributed by atoms with E-state index in [0.717, 1.165) is 25.1 Å². The van der Waals surface area contributed by atoms with Crippen molar-refractivity contribution >= 4 is 11.8 Å². The Morgan fingerprint density at radius 3 is 2.67 bits per heavy atom. The Bertz CT molecular complexity index is 215. The number of thioether (sulfide) groups is 1. The van der Waals surface area contributed by atoms with Crippen LogP contribution in [0.5, 0.6) is 0 Å². The second kappa shape index (κ2) is 8.31. The van der Waals surface area contributed by atoms with E-state index in [2.05, 4.69) is 12.2 Å². The minimum Gasteiger partial charge on any atom is -0.313 e. The van der Waals surface area contributed by atoms with Gasteiger partial charge < -0.3 is 5.32 Å². The van der Waals surface area contributed by atoms with E-state index in [-0.39, 0.29) is 12.5 Å². The fraction of sp³-hybridized carbons (Fsp3) is 1.00. The van der Waals surface area contributed by atoms with Crippen LogP contribution in [0.2, 0.25) is 0 Å². The van der Waals surface area contributed by atoms with Gasteiger partial charge in [0.1, 0.15) is 0 Å². The van der Waals surface area contributed by atoms with Crippen LogP contribution in [0.1, 0.15) is 51.9 Å². The number of halogens is 3. The Balaban J connectivity index is 2.34. The summed E-state index contributed by atoms with van der Waals surface area (Å²) in [5.41, 5.74) is 0. The summed E-state index contributed by atoms with van der Waals surface area (Å²) in [5, 5.41) is 3.95. The normalized spacial score (nSPS) is 23.0. The number of hydrogen-bond acceptors (Lipinski definition) is 2. The summed E-state index contributed by atoms with van der Waals surface area (Å²) in [5.74, 6) is 1.16. The molecule has 18 heavy (non-hydrogen) atoms. The van der Waals surface area contributed by atoms with Crippen molar-refractivity contribution in [1.82, 2.24) is 5.32 Å². The molecule has 1 aliphatic rings. The minimum absolute atomic E-state index is 0.252. The molecule has 0 aromatic heterocycles. The Kier molecular flexibility index (Phi) is 7.46. The maximum atomic E-state index is 12.2. The smallest absolute Gasteiger partial charge is 0.313 e. The van der Waals surface area contributed by atoms with Crippen LogP contribution in [-0.4, -0.2) is 29.8 Å². The highest BCUT2D eigenvalue weighted by atomic mass is 32.2. The van der Waals surface area contributed by atoms with Crippen LogP contribution < -0.4 is 5.32 Å². The molecule has 108 valence electrons. The zero-order valence-electron chi connectivity index (χ0n) is 11.1. The maximum absolute atomic E-state index is 12.2. The molecule has 0 amide bonds. The van der Waals surface area contributed by atoms with Gasteiger partial charge in [0.2, 0.25) is 0 Å². The fourth-order valence-electron chi connectivity index (χ4n) is 2.35. The zero-order valence-corrected chi connectivity index (χ0v) is 11.9. The van der Waals surface area contributed by atoms with E-state index in [1.54, 1.807) is 0 Å². The number of hydrogen-bond donors (Lipinski definition) is 1. The van der Waals surface area contributed by atoms with Gasteiger partial charge in [-0.15, -0.1) is 0 Å². The lowest BCUT2D eigenvalue weighted by Crippen LogP contribution is -2.40. The van der Waals surface area contributed by atoms with Crippen molar-refractivity contribution in [2.45, 2.75) is 69.3 Å². The molecule has 5 heteroatoms. The van der Waals surface area contributed by atoms with Crippen LogP contribution in [0.3, 0.4) is 0 Å². The third-order valence-corrected chi connectivity index (χ3v) is 4.81. The van der Waals surface area contributed by atoms with E-state index in [0.29, 0.717) is 11.7 Å². The van der Waals surface area contributed by atoms with Crippen LogP contribution in [0.15, 0.2) is 0 Å². The van der Waals surface area contributed by atoms with E-state index < -0.39 is 12.6 Å². The van der Waals surface area contributed by atoms with Gasteiger partial charge in [0.05, 0.1) is 0 Å². The first-order valence-corrected chi connectivity index (χ1v) is 7.99. The van der Waals surface area contributed by atoms with E-state index >= 15 is 0 Å². The molecule has 0 spiro atoms. The second-order valence-electron chi connectivity index (χ2n) is 4.97. The summed E-state index contributed by atoms with van der Waals surface area (Å²) in [4.78, 5) is 0. The average Bonchev–Trinajstić information content (AvgIpc) is 2.33. The molecule has 0 radical (unpaired) electrons. The van der Waals surface area contributed by atoms with Gasteiger partial charge in [0, 0.05) is 17.7 Å². The van der Waals surface area contributed by atoms with Crippen LogP contribution in [-0.2, 0) is 0 Å². The lowest BCUT2D eigenvalue weighted by atomic mass is 10.0. The third kappa shape index (κ3) is 6.88. The van der Waals surface area contributed by atoms with E-state index in [1.807, 2.05) is 11.8 Å². The average molecular weight is 283 g/mol. The second-order valence-corrected chi connectivity index (χ2v) is 6.32. The minimum atomic E-state index is -4.00. The fourth-order valence-corrected chi connectivity index (χ4v) is 3.83. The topological polar surface area (TPSA) is 12.0 Å². The first kappa shape index (κ1) is 16.2. The summed E-state index contributed by atoms with van der Waals surface area (Å²) in [6.45, 7) is 3.00. The van der Waals surface area contributed by atoms with Crippen molar-refractivity contribution < 1.29 is 13.2 Å². The monoisotopic (exact) mass is 283 g/mol. The number of rotatable bonds is 7. The summed E-state index contributed by atoms with van der Waals surface area (Å²) in [6, 6.07) is 0.262. The molecule has 1 saturated heterocycles. The summed E-state index contributed by atoms with van der Waals surface area (Å²) >= 11 is 1.94. The van der Waals surface area contributed by atoms with Gasteiger partial charge in [-0.25, -0.2) is 0 Å². The van der Waals surface area contributed by atoms with Crippen LogP contribution in [0.25, 0.3) is 0 Å². The summed E-state index contributed by atoms with van der Waals surface area (Å²) in [7, 11) is 0. The van der Waals surface area contributed by atoms with E-state index in [1.165, 1.54) is 12.8 Å². The molecule has 1 aliphatic heterocycles. The molecule has 0 aliphatic carbocycles. The van der Waals surface area contributed by atoms with Gasteiger partial charge in [-0.3, -0.25) is 0 Å². The van der Waals surface area contributed by atoms with Gasteiger partial charge in [-0.2, -0.15) is 24.9 Å². The van der Waals surface area contributed by atoms with Gasteiger partial charge in [-0.05, 0) is 44.4 Å². The van der Waals surface area contributed by atoms with Crippen molar-refractivity contribution in [3.8, 4) is 0 Å². The number of nitrogens with one attached hydrogen (secondary N) is 1. The SMILES string of the molecule is CCCNC(CCCC(F)(F)F)C1CCCCS1. The molecule has 0 aromatic carbocycles. The highest BCUT2D eigenvalue weighted by Gasteiger charge is 2.28. The predicted molar refractivity (Wildman–Crippen MR) is 72.1 cm³/mol. The van der Waals surface area contributed by atoms with Gasteiger partial charge in [0.15, 0.2) is 0 Å². The highest BCUT2D eigenvalue weighted by Crippen LogP contribution is 2.30.